The van der Waals surface area contributed by atoms with Gasteiger partial charge in [-0.1, -0.05) is 12.1 Å². The molecule has 18 heavy (non-hydrogen) atoms. The van der Waals surface area contributed by atoms with Crippen molar-refractivity contribution in [1.82, 2.24) is 14.8 Å². The van der Waals surface area contributed by atoms with Gasteiger partial charge in [-0.05, 0) is 17.7 Å². The maximum atomic E-state index is 12.9. The van der Waals surface area contributed by atoms with E-state index in [-0.39, 0.29) is 11.9 Å². The summed E-state index contributed by atoms with van der Waals surface area (Å²) in [5.74, 6) is 0.448. The molecule has 1 aliphatic heterocycles. The first-order valence-electron chi connectivity index (χ1n) is 5.58. The monoisotopic (exact) mass is 246 g/mol. The number of ether oxygens (including phenoxy) is 1. The average molecular weight is 246 g/mol. The molecule has 3 rings (SSSR count). The summed E-state index contributed by atoms with van der Waals surface area (Å²) in [4.78, 5) is 8.43. The zero-order chi connectivity index (χ0) is 12.4. The van der Waals surface area contributed by atoms with Gasteiger partial charge in [-0.2, -0.15) is 5.10 Å². The lowest BCUT2D eigenvalue weighted by Gasteiger charge is -2.20. The van der Waals surface area contributed by atoms with Crippen LogP contribution in [0.15, 0.2) is 41.9 Å². The molecule has 2 heterocycles. The van der Waals surface area contributed by atoms with Gasteiger partial charge in [0.25, 0.3) is 0 Å². The Morgan fingerprint density at radius 2 is 2.11 bits per heavy atom. The second kappa shape index (κ2) is 4.66. The third-order valence-corrected chi connectivity index (χ3v) is 2.75. The number of hydrogen-bond donors (Lipinski definition) is 0. The summed E-state index contributed by atoms with van der Waals surface area (Å²) in [6.45, 7) is 0.894. The Labute approximate surface area is 103 Å². The van der Waals surface area contributed by atoms with E-state index in [0.29, 0.717) is 19.0 Å². The van der Waals surface area contributed by atoms with Gasteiger partial charge in [0.05, 0.1) is 6.61 Å². The number of aliphatic imine (C=N–C) groups is 1. The summed E-state index contributed by atoms with van der Waals surface area (Å²) in [5.41, 5.74) is 0.925. The molecule has 0 spiro atoms. The minimum absolute atomic E-state index is 0.126. The SMILES string of the molecule is Fc1ccc([C@@H]2COCC(n3cncn3)=N2)cc1. The molecule has 0 amide bonds. The van der Waals surface area contributed by atoms with Crippen molar-refractivity contribution in [3.8, 4) is 0 Å². The first kappa shape index (κ1) is 11.0. The minimum Gasteiger partial charge on any atom is -0.371 e. The van der Waals surface area contributed by atoms with Gasteiger partial charge in [0.2, 0.25) is 0 Å². The zero-order valence-corrected chi connectivity index (χ0v) is 9.53. The van der Waals surface area contributed by atoms with E-state index in [1.807, 2.05) is 0 Å². The highest BCUT2D eigenvalue weighted by Crippen LogP contribution is 2.21. The van der Waals surface area contributed by atoms with Gasteiger partial charge in [-0.25, -0.2) is 14.1 Å². The van der Waals surface area contributed by atoms with Crippen LogP contribution >= 0.6 is 0 Å². The molecule has 5 nitrogen and oxygen atoms in total. The van der Waals surface area contributed by atoms with Gasteiger partial charge in [0, 0.05) is 0 Å². The predicted molar refractivity (Wildman–Crippen MR) is 62.8 cm³/mol. The van der Waals surface area contributed by atoms with Crippen molar-refractivity contribution in [3.05, 3.63) is 48.3 Å². The lowest BCUT2D eigenvalue weighted by molar-refractivity contribution is 0.141. The number of halogens is 1. The van der Waals surface area contributed by atoms with Crippen molar-refractivity contribution >= 4 is 5.84 Å². The Kier molecular flexibility index (Phi) is 2.85. The summed E-state index contributed by atoms with van der Waals surface area (Å²) in [7, 11) is 0. The van der Waals surface area contributed by atoms with Crippen LogP contribution in [0.5, 0.6) is 0 Å². The van der Waals surface area contributed by atoms with Crippen molar-refractivity contribution in [2.24, 2.45) is 4.99 Å². The molecule has 0 unspecified atom stereocenters. The number of aromatic nitrogens is 3. The van der Waals surface area contributed by atoms with E-state index >= 15 is 0 Å². The van der Waals surface area contributed by atoms with Gasteiger partial charge in [0.1, 0.15) is 31.1 Å². The molecule has 1 aliphatic rings. The lowest BCUT2D eigenvalue weighted by atomic mass is 10.1. The normalized spacial score (nSPS) is 19.6. The molecule has 2 aromatic rings. The molecule has 0 radical (unpaired) electrons. The van der Waals surface area contributed by atoms with Crippen LogP contribution in [0.1, 0.15) is 11.6 Å². The van der Waals surface area contributed by atoms with E-state index in [1.54, 1.807) is 23.1 Å². The Morgan fingerprint density at radius 1 is 1.28 bits per heavy atom. The summed E-state index contributed by atoms with van der Waals surface area (Å²) >= 11 is 0. The van der Waals surface area contributed by atoms with Gasteiger partial charge in [-0.3, -0.25) is 4.99 Å². The maximum Gasteiger partial charge on any atom is 0.153 e. The van der Waals surface area contributed by atoms with Gasteiger partial charge < -0.3 is 4.74 Å². The van der Waals surface area contributed by atoms with E-state index in [9.17, 15) is 4.39 Å². The predicted octanol–water partition coefficient (Wildman–Crippen LogP) is 1.44. The Bertz CT molecular complexity index is 550. The fraction of sp³-hybridized carbons (Fsp3) is 0.250. The molecule has 0 N–H and O–H groups in total. The standard InChI is InChI=1S/C12H11FN4O/c13-10-3-1-9(2-4-10)11-5-18-6-12(16-11)17-8-14-7-15-17/h1-4,7-8,11H,5-6H2/t11-/m0/s1. The highest BCUT2D eigenvalue weighted by Gasteiger charge is 2.18. The van der Waals surface area contributed by atoms with Crippen LogP contribution in [0.2, 0.25) is 0 Å². The first-order chi connectivity index (χ1) is 8.83. The lowest BCUT2D eigenvalue weighted by Crippen LogP contribution is -2.27. The highest BCUT2D eigenvalue weighted by molar-refractivity contribution is 5.85. The number of nitrogens with zero attached hydrogens (tertiary/aromatic N) is 4. The topological polar surface area (TPSA) is 52.3 Å². The molecule has 0 saturated heterocycles. The molecule has 1 aromatic heterocycles. The van der Waals surface area contributed by atoms with Crippen molar-refractivity contribution in [2.45, 2.75) is 6.04 Å². The third-order valence-electron chi connectivity index (χ3n) is 2.75. The third kappa shape index (κ3) is 2.14. The van der Waals surface area contributed by atoms with Crippen molar-refractivity contribution in [3.63, 3.8) is 0 Å². The Morgan fingerprint density at radius 3 is 2.83 bits per heavy atom. The van der Waals surface area contributed by atoms with Crippen LogP contribution < -0.4 is 0 Å². The number of rotatable bonds is 1. The maximum absolute atomic E-state index is 12.9. The van der Waals surface area contributed by atoms with E-state index in [4.69, 9.17) is 4.74 Å². The number of benzene rings is 1. The smallest absolute Gasteiger partial charge is 0.153 e. The van der Waals surface area contributed by atoms with E-state index in [2.05, 4.69) is 15.1 Å². The summed E-state index contributed by atoms with van der Waals surface area (Å²) in [6.07, 6.45) is 3.03. The average Bonchev–Trinajstić information content (AvgIpc) is 2.94. The van der Waals surface area contributed by atoms with Crippen LogP contribution in [0.3, 0.4) is 0 Å². The second-order valence-electron chi connectivity index (χ2n) is 3.97. The van der Waals surface area contributed by atoms with E-state index < -0.39 is 0 Å². The van der Waals surface area contributed by atoms with Crippen molar-refractivity contribution < 1.29 is 9.13 Å². The Balaban J connectivity index is 1.89. The molecule has 92 valence electrons. The van der Waals surface area contributed by atoms with Crippen molar-refractivity contribution in [1.29, 1.82) is 0 Å². The van der Waals surface area contributed by atoms with Gasteiger partial charge in [-0.15, -0.1) is 0 Å². The highest BCUT2D eigenvalue weighted by atomic mass is 19.1. The fourth-order valence-electron chi connectivity index (χ4n) is 1.84. The second-order valence-corrected chi connectivity index (χ2v) is 3.97. The minimum atomic E-state index is -0.254. The van der Waals surface area contributed by atoms with Crippen LogP contribution in [0.4, 0.5) is 4.39 Å². The zero-order valence-electron chi connectivity index (χ0n) is 9.53. The molecular weight excluding hydrogens is 235 g/mol. The summed E-state index contributed by atoms with van der Waals surface area (Å²) < 4.78 is 19.9. The van der Waals surface area contributed by atoms with Gasteiger partial charge >= 0.3 is 0 Å². The molecule has 0 fully saturated rings. The molecule has 0 aliphatic carbocycles. The Hall–Kier alpha value is -2.08. The van der Waals surface area contributed by atoms with Crippen LogP contribution in [-0.2, 0) is 4.74 Å². The van der Waals surface area contributed by atoms with Crippen LogP contribution in [-0.4, -0.2) is 33.8 Å². The van der Waals surface area contributed by atoms with Gasteiger partial charge in [0.15, 0.2) is 5.84 Å². The van der Waals surface area contributed by atoms with E-state index in [0.717, 1.165) is 5.56 Å². The summed E-state index contributed by atoms with van der Waals surface area (Å²) in [6, 6.07) is 6.16. The molecule has 0 saturated carbocycles. The first-order valence-corrected chi connectivity index (χ1v) is 5.58. The van der Waals surface area contributed by atoms with Crippen molar-refractivity contribution in [2.75, 3.05) is 13.2 Å². The van der Waals surface area contributed by atoms with E-state index in [1.165, 1.54) is 18.5 Å². The fourth-order valence-corrected chi connectivity index (χ4v) is 1.84. The molecule has 1 atom stereocenters. The van der Waals surface area contributed by atoms with Crippen LogP contribution in [0.25, 0.3) is 0 Å². The summed E-state index contributed by atoms with van der Waals surface area (Å²) in [5, 5.41) is 4.02. The molecule has 0 bridgehead atoms. The van der Waals surface area contributed by atoms with Crippen LogP contribution in [0, 0.1) is 5.82 Å². The number of hydrogen-bond acceptors (Lipinski definition) is 4. The molecule has 1 aromatic carbocycles. The largest absolute Gasteiger partial charge is 0.371 e. The molecular formula is C12H11FN4O. The quantitative estimate of drug-likeness (QED) is 0.765. The molecule has 6 heteroatoms.